The summed E-state index contributed by atoms with van der Waals surface area (Å²) in [6.07, 6.45) is 0. The third-order valence-electron chi connectivity index (χ3n) is 7.16. The zero-order valence-electron chi connectivity index (χ0n) is 17.8. The van der Waals surface area contributed by atoms with Crippen molar-refractivity contribution >= 4 is 65.0 Å². The molecule has 8 rings (SSSR count). The smallest absolute Gasteiger partial charge is 0.143 e. The maximum Gasteiger partial charge on any atom is 0.143 e. The average Bonchev–Trinajstić information content (AvgIpc) is 3.26. The Morgan fingerprint density at radius 1 is 0.394 bits per heavy atom. The van der Waals surface area contributed by atoms with Crippen molar-refractivity contribution in [3.05, 3.63) is 109 Å². The number of para-hydroxylation sites is 1. The van der Waals surface area contributed by atoms with E-state index in [4.69, 9.17) is 4.42 Å². The molecule has 0 aliphatic carbocycles. The predicted molar refractivity (Wildman–Crippen MR) is 140 cm³/mol. The zero-order valence-corrected chi connectivity index (χ0v) is 17.8. The van der Waals surface area contributed by atoms with Crippen LogP contribution < -0.4 is 0 Å². The van der Waals surface area contributed by atoms with Crippen LogP contribution in [0.5, 0.6) is 0 Å². The molecule has 0 spiro atoms. The third-order valence-corrected chi connectivity index (χ3v) is 7.16. The van der Waals surface area contributed by atoms with Gasteiger partial charge in [-0.2, -0.15) is 0 Å². The van der Waals surface area contributed by atoms with Crippen molar-refractivity contribution in [3.63, 3.8) is 0 Å². The molecule has 0 amide bonds. The van der Waals surface area contributed by atoms with Gasteiger partial charge in [-0.25, -0.2) is 0 Å². The van der Waals surface area contributed by atoms with Crippen molar-refractivity contribution in [2.24, 2.45) is 0 Å². The van der Waals surface area contributed by atoms with E-state index in [1.165, 1.54) is 54.0 Å². The first-order chi connectivity index (χ1) is 16.3. The molecule has 33 heavy (non-hydrogen) atoms. The van der Waals surface area contributed by atoms with Crippen LogP contribution in [0.2, 0.25) is 0 Å². The number of hydrogen-bond donors (Lipinski definition) is 0. The van der Waals surface area contributed by atoms with E-state index in [9.17, 15) is 0 Å². The van der Waals surface area contributed by atoms with Gasteiger partial charge in [0.2, 0.25) is 0 Å². The summed E-state index contributed by atoms with van der Waals surface area (Å²) >= 11 is 0. The largest absolute Gasteiger partial charge is 0.455 e. The molecule has 0 aliphatic rings. The Labute approximate surface area is 189 Å². The van der Waals surface area contributed by atoms with Crippen molar-refractivity contribution in [2.45, 2.75) is 0 Å². The van der Waals surface area contributed by atoms with E-state index in [-0.39, 0.29) is 0 Å². The third kappa shape index (κ3) is 2.26. The molecule has 0 fully saturated rings. The summed E-state index contributed by atoms with van der Waals surface area (Å²) in [5.74, 6) is 0. The lowest BCUT2D eigenvalue weighted by atomic mass is 9.91. The molecule has 1 heterocycles. The highest BCUT2D eigenvalue weighted by Gasteiger charge is 2.16. The van der Waals surface area contributed by atoms with E-state index >= 15 is 0 Å². The molecule has 0 unspecified atom stereocenters. The summed E-state index contributed by atoms with van der Waals surface area (Å²) in [6, 6.07) is 39.5. The van der Waals surface area contributed by atoms with Gasteiger partial charge in [-0.1, -0.05) is 91.0 Å². The zero-order chi connectivity index (χ0) is 21.5. The minimum Gasteiger partial charge on any atom is -0.455 e. The maximum atomic E-state index is 6.60. The van der Waals surface area contributed by atoms with Crippen molar-refractivity contribution in [2.75, 3.05) is 0 Å². The van der Waals surface area contributed by atoms with Crippen LogP contribution in [0.1, 0.15) is 0 Å². The Bertz CT molecular complexity index is 1960. The Morgan fingerprint density at radius 2 is 0.970 bits per heavy atom. The molecule has 8 aromatic rings. The monoisotopic (exact) mass is 418 g/mol. The normalized spacial score (nSPS) is 12.2. The first-order valence-electron chi connectivity index (χ1n) is 11.4. The van der Waals surface area contributed by atoms with Crippen LogP contribution in [0.3, 0.4) is 0 Å². The molecular formula is C32H18O. The molecule has 152 valence electrons. The van der Waals surface area contributed by atoms with Crippen LogP contribution in [-0.4, -0.2) is 0 Å². The van der Waals surface area contributed by atoms with Crippen molar-refractivity contribution in [1.82, 2.24) is 0 Å². The fraction of sp³-hybridized carbons (Fsp3) is 0. The maximum absolute atomic E-state index is 6.60. The molecule has 0 saturated heterocycles. The quantitative estimate of drug-likeness (QED) is 0.242. The Hall–Kier alpha value is -4.36. The second kappa shape index (κ2) is 6.11. The second-order valence-corrected chi connectivity index (χ2v) is 8.96. The van der Waals surface area contributed by atoms with Crippen molar-refractivity contribution in [1.29, 1.82) is 0 Å². The molecule has 7 aromatic carbocycles. The molecule has 1 heteroatoms. The highest BCUT2D eigenvalue weighted by Crippen LogP contribution is 2.41. The Kier molecular flexibility index (Phi) is 3.19. The molecule has 0 saturated carbocycles. The first-order valence-corrected chi connectivity index (χ1v) is 11.4. The lowest BCUT2D eigenvalue weighted by molar-refractivity contribution is 0.674. The van der Waals surface area contributed by atoms with Crippen LogP contribution in [0, 0.1) is 0 Å². The van der Waals surface area contributed by atoms with Crippen LogP contribution >= 0.6 is 0 Å². The van der Waals surface area contributed by atoms with Gasteiger partial charge in [0.05, 0.1) is 0 Å². The van der Waals surface area contributed by atoms with Gasteiger partial charge >= 0.3 is 0 Å². The number of furan rings is 1. The summed E-state index contributed by atoms with van der Waals surface area (Å²) < 4.78 is 6.60. The van der Waals surface area contributed by atoms with Gasteiger partial charge in [-0.05, 0) is 61.5 Å². The molecule has 0 atom stereocenters. The van der Waals surface area contributed by atoms with Crippen LogP contribution in [0.25, 0.3) is 76.2 Å². The van der Waals surface area contributed by atoms with E-state index in [0.29, 0.717) is 0 Å². The van der Waals surface area contributed by atoms with E-state index in [1.807, 2.05) is 0 Å². The average molecular weight is 418 g/mol. The predicted octanol–water partition coefficient (Wildman–Crippen LogP) is 9.30. The van der Waals surface area contributed by atoms with Gasteiger partial charge in [0, 0.05) is 21.7 Å². The molecule has 0 aliphatic heterocycles. The van der Waals surface area contributed by atoms with Gasteiger partial charge in [-0.15, -0.1) is 0 Å². The first kappa shape index (κ1) is 17.2. The topological polar surface area (TPSA) is 13.1 Å². The lowest BCUT2D eigenvalue weighted by Crippen LogP contribution is -1.86. The minimum absolute atomic E-state index is 0.955. The molecule has 0 N–H and O–H groups in total. The Morgan fingerprint density at radius 3 is 1.79 bits per heavy atom. The minimum atomic E-state index is 0.955. The standard InChI is InChI=1S/C32H18O/c1-2-8-25-19(5-1)15-16-28-27-10-4-9-26(32(27)33-31(25)28)24-17-22-13-11-20-6-3-7-21-12-14-23(18-24)30(22)29(20)21/h1-18H. The summed E-state index contributed by atoms with van der Waals surface area (Å²) in [4.78, 5) is 0. The molecule has 1 aromatic heterocycles. The van der Waals surface area contributed by atoms with Crippen molar-refractivity contribution < 1.29 is 4.42 Å². The van der Waals surface area contributed by atoms with E-state index in [0.717, 1.165) is 22.1 Å². The lowest BCUT2D eigenvalue weighted by Gasteiger charge is -2.13. The summed E-state index contributed by atoms with van der Waals surface area (Å²) in [7, 11) is 0. The summed E-state index contributed by atoms with van der Waals surface area (Å²) in [6.45, 7) is 0. The number of fused-ring (bicyclic) bond motifs is 5. The summed E-state index contributed by atoms with van der Waals surface area (Å²) in [5.41, 5.74) is 4.25. The van der Waals surface area contributed by atoms with Gasteiger partial charge < -0.3 is 4.42 Å². The highest BCUT2D eigenvalue weighted by atomic mass is 16.3. The number of rotatable bonds is 1. The SMILES string of the molecule is c1ccc2c(c1)ccc1c3cccc(-c4cc5ccc6cccc7ccc(c4)c5c67)c3oc21. The van der Waals surface area contributed by atoms with Crippen LogP contribution in [-0.2, 0) is 0 Å². The number of hydrogen-bond acceptors (Lipinski definition) is 1. The van der Waals surface area contributed by atoms with E-state index < -0.39 is 0 Å². The van der Waals surface area contributed by atoms with Gasteiger partial charge in [0.25, 0.3) is 0 Å². The molecule has 1 nitrogen and oxygen atoms in total. The van der Waals surface area contributed by atoms with Crippen LogP contribution in [0.4, 0.5) is 0 Å². The van der Waals surface area contributed by atoms with E-state index in [1.54, 1.807) is 0 Å². The highest BCUT2D eigenvalue weighted by molar-refractivity contribution is 6.24. The fourth-order valence-electron chi connectivity index (χ4n) is 5.66. The molecular weight excluding hydrogens is 400 g/mol. The van der Waals surface area contributed by atoms with Gasteiger partial charge in [0.15, 0.2) is 0 Å². The van der Waals surface area contributed by atoms with Crippen molar-refractivity contribution in [3.8, 4) is 11.1 Å². The second-order valence-electron chi connectivity index (χ2n) is 8.96. The van der Waals surface area contributed by atoms with E-state index in [2.05, 4.69) is 109 Å². The Balaban J connectivity index is 1.47. The van der Waals surface area contributed by atoms with Gasteiger partial charge in [0.1, 0.15) is 11.2 Å². The number of benzene rings is 7. The van der Waals surface area contributed by atoms with Gasteiger partial charge in [-0.3, -0.25) is 0 Å². The van der Waals surface area contributed by atoms with Crippen LogP contribution in [0.15, 0.2) is 114 Å². The molecule has 0 radical (unpaired) electrons. The summed E-state index contributed by atoms with van der Waals surface area (Å²) in [5, 5.41) is 12.5. The fourth-order valence-corrected chi connectivity index (χ4v) is 5.66. The molecule has 0 bridgehead atoms.